The molecule has 0 saturated carbocycles. The van der Waals surface area contributed by atoms with E-state index in [1.165, 1.54) is 148 Å². The molecule has 0 aliphatic heterocycles. The van der Waals surface area contributed by atoms with E-state index in [-0.39, 0.29) is 31.1 Å². The quantitative estimate of drug-likeness (QED) is 0.0262. The molecule has 0 N–H and O–H groups in total. The summed E-state index contributed by atoms with van der Waals surface area (Å²) < 4.78 is 16.8. The third-order valence-electron chi connectivity index (χ3n) is 12.1. The Bertz CT molecular complexity index is 1180. The van der Waals surface area contributed by atoms with Crippen molar-refractivity contribution in [2.75, 3.05) is 13.2 Å². The zero-order valence-corrected chi connectivity index (χ0v) is 43.0. The first kappa shape index (κ1) is 62.1. The fourth-order valence-electron chi connectivity index (χ4n) is 7.85. The van der Waals surface area contributed by atoms with E-state index in [1.54, 1.807) is 0 Å². The molecule has 0 amide bonds. The Morgan fingerprint density at radius 1 is 0.308 bits per heavy atom. The van der Waals surface area contributed by atoms with Crippen molar-refractivity contribution in [2.24, 2.45) is 0 Å². The third-order valence-corrected chi connectivity index (χ3v) is 12.1. The van der Waals surface area contributed by atoms with E-state index in [2.05, 4.69) is 81.5 Å². The Hall–Kier alpha value is -2.89. The highest BCUT2D eigenvalue weighted by Gasteiger charge is 2.19. The molecule has 0 spiro atoms. The van der Waals surface area contributed by atoms with Crippen molar-refractivity contribution < 1.29 is 28.6 Å². The molecular formula is C59H104O6. The summed E-state index contributed by atoms with van der Waals surface area (Å²) in [6.07, 6.45) is 66.2. The summed E-state index contributed by atoms with van der Waals surface area (Å²) in [6, 6.07) is 0. The van der Waals surface area contributed by atoms with Gasteiger partial charge < -0.3 is 14.2 Å². The zero-order valence-electron chi connectivity index (χ0n) is 43.0. The molecule has 0 aromatic carbocycles. The van der Waals surface area contributed by atoms with E-state index in [0.29, 0.717) is 19.3 Å². The topological polar surface area (TPSA) is 78.9 Å². The lowest BCUT2D eigenvalue weighted by Crippen LogP contribution is -2.30. The van der Waals surface area contributed by atoms with Gasteiger partial charge in [0.15, 0.2) is 6.10 Å². The van der Waals surface area contributed by atoms with Crippen LogP contribution in [0.2, 0.25) is 0 Å². The second-order valence-electron chi connectivity index (χ2n) is 18.6. The first-order chi connectivity index (χ1) is 32.0. The number of carbonyl (C=O) groups excluding carboxylic acids is 3. The van der Waals surface area contributed by atoms with Crippen LogP contribution < -0.4 is 0 Å². The van der Waals surface area contributed by atoms with Gasteiger partial charge in [0, 0.05) is 19.3 Å². The molecule has 1 unspecified atom stereocenters. The standard InChI is InChI=1S/C59H104O6/c1-4-7-10-13-16-19-22-25-28-29-30-32-34-37-40-43-46-49-52-58(61)64-55-56(54-63-57(60)51-48-45-42-39-36-33-27-24-21-18-15-12-9-6-3)65-59(62)53-50-47-44-41-38-35-31-26-23-20-17-14-11-8-5-2/h17,20,22-23,25-26,28-30,32,56H,4-16,18-19,21,24,27,31,33-55H2,1-3H3/b20-17-,25-22-,26-23-,29-28-,32-30-. The van der Waals surface area contributed by atoms with E-state index in [4.69, 9.17) is 14.2 Å². The number of carbonyl (C=O) groups is 3. The van der Waals surface area contributed by atoms with Gasteiger partial charge in [-0.25, -0.2) is 0 Å². The maximum atomic E-state index is 12.8. The molecule has 376 valence electrons. The van der Waals surface area contributed by atoms with Gasteiger partial charge in [-0.2, -0.15) is 0 Å². The zero-order chi connectivity index (χ0) is 47.2. The van der Waals surface area contributed by atoms with Crippen LogP contribution in [-0.2, 0) is 28.6 Å². The second-order valence-corrected chi connectivity index (χ2v) is 18.6. The maximum Gasteiger partial charge on any atom is 0.306 e. The maximum absolute atomic E-state index is 12.8. The Labute approximate surface area is 402 Å². The number of esters is 3. The number of unbranched alkanes of at least 4 members (excludes halogenated alkanes) is 32. The first-order valence-corrected chi connectivity index (χ1v) is 27.8. The van der Waals surface area contributed by atoms with Crippen LogP contribution in [0.15, 0.2) is 60.8 Å². The van der Waals surface area contributed by atoms with Gasteiger partial charge in [0.2, 0.25) is 0 Å². The summed E-state index contributed by atoms with van der Waals surface area (Å²) in [7, 11) is 0. The number of allylic oxidation sites excluding steroid dienone is 10. The van der Waals surface area contributed by atoms with E-state index in [1.807, 2.05) is 0 Å². The summed E-state index contributed by atoms with van der Waals surface area (Å²) in [5.41, 5.74) is 0. The fraction of sp³-hybridized carbons (Fsp3) is 0.780. The third kappa shape index (κ3) is 51.9. The largest absolute Gasteiger partial charge is 0.462 e. The van der Waals surface area contributed by atoms with Crippen LogP contribution in [-0.4, -0.2) is 37.2 Å². The number of ether oxygens (including phenoxy) is 3. The highest BCUT2D eigenvalue weighted by molar-refractivity contribution is 5.71. The van der Waals surface area contributed by atoms with Crippen molar-refractivity contribution in [3.63, 3.8) is 0 Å². The number of hydrogen-bond donors (Lipinski definition) is 0. The molecule has 0 aromatic rings. The fourth-order valence-corrected chi connectivity index (χ4v) is 7.85. The summed E-state index contributed by atoms with van der Waals surface area (Å²) in [6.45, 7) is 6.59. The Morgan fingerprint density at radius 3 is 0.892 bits per heavy atom. The Balaban J connectivity index is 4.42. The Morgan fingerprint density at radius 2 is 0.554 bits per heavy atom. The normalized spacial score (nSPS) is 12.5. The van der Waals surface area contributed by atoms with Gasteiger partial charge in [-0.05, 0) is 70.6 Å². The highest BCUT2D eigenvalue weighted by Crippen LogP contribution is 2.15. The Kier molecular flexibility index (Phi) is 51.3. The lowest BCUT2D eigenvalue weighted by Gasteiger charge is -2.18. The monoisotopic (exact) mass is 909 g/mol. The molecule has 0 fully saturated rings. The van der Waals surface area contributed by atoms with E-state index in [0.717, 1.165) is 89.9 Å². The summed E-state index contributed by atoms with van der Waals surface area (Å²) in [5.74, 6) is -0.906. The van der Waals surface area contributed by atoms with Crippen LogP contribution in [0.3, 0.4) is 0 Å². The molecule has 0 aliphatic rings. The average molecular weight is 909 g/mol. The van der Waals surface area contributed by atoms with Crippen molar-refractivity contribution in [3.05, 3.63) is 60.8 Å². The van der Waals surface area contributed by atoms with Gasteiger partial charge >= 0.3 is 17.9 Å². The predicted octanol–water partition coefficient (Wildman–Crippen LogP) is 18.4. The SMILES string of the molecule is CCCCC/C=C\C=C/CCCCCCCCC(=O)OC(COC(=O)CCCCCCC\C=C/C=C\C=C/CCCCCCC)COC(=O)CCCCCCCCCCCCCCCC. The highest BCUT2D eigenvalue weighted by atomic mass is 16.6. The lowest BCUT2D eigenvalue weighted by atomic mass is 10.0. The summed E-state index contributed by atoms with van der Waals surface area (Å²) >= 11 is 0. The van der Waals surface area contributed by atoms with Crippen LogP contribution in [0.4, 0.5) is 0 Å². The van der Waals surface area contributed by atoms with Crippen molar-refractivity contribution >= 4 is 17.9 Å². The van der Waals surface area contributed by atoms with E-state index in [9.17, 15) is 14.4 Å². The lowest BCUT2D eigenvalue weighted by molar-refractivity contribution is -0.167. The molecule has 1 atom stereocenters. The first-order valence-electron chi connectivity index (χ1n) is 27.8. The second kappa shape index (κ2) is 53.7. The molecule has 0 aliphatic carbocycles. The van der Waals surface area contributed by atoms with Crippen LogP contribution in [0.1, 0.15) is 278 Å². The average Bonchev–Trinajstić information content (AvgIpc) is 3.30. The predicted molar refractivity (Wildman–Crippen MR) is 279 cm³/mol. The van der Waals surface area contributed by atoms with Crippen molar-refractivity contribution in [1.82, 2.24) is 0 Å². The molecule has 0 radical (unpaired) electrons. The van der Waals surface area contributed by atoms with Gasteiger partial charge in [-0.1, -0.05) is 248 Å². The molecular weight excluding hydrogens is 805 g/mol. The molecule has 65 heavy (non-hydrogen) atoms. The van der Waals surface area contributed by atoms with Crippen molar-refractivity contribution in [2.45, 2.75) is 284 Å². The van der Waals surface area contributed by atoms with Gasteiger partial charge in [0.25, 0.3) is 0 Å². The van der Waals surface area contributed by atoms with Crippen LogP contribution in [0, 0.1) is 0 Å². The van der Waals surface area contributed by atoms with Crippen molar-refractivity contribution in [3.8, 4) is 0 Å². The molecule has 0 saturated heterocycles. The molecule has 0 rings (SSSR count). The summed E-state index contributed by atoms with van der Waals surface area (Å²) in [5, 5.41) is 0. The molecule has 6 heteroatoms. The minimum Gasteiger partial charge on any atom is -0.462 e. The minimum atomic E-state index is -0.787. The van der Waals surface area contributed by atoms with Crippen LogP contribution >= 0.6 is 0 Å². The van der Waals surface area contributed by atoms with E-state index < -0.39 is 6.10 Å². The number of hydrogen-bond acceptors (Lipinski definition) is 6. The molecule has 6 nitrogen and oxygen atoms in total. The smallest absolute Gasteiger partial charge is 0.306 e. The molecule has 0 aromatic heterocycles. The van der Waals surface area contributed by atoms with Gasteiger partial charge in [-0.3, -0.25) is 14.4 Å². The molecule has 0 heterocycles. The van der Waals surface area contributed by atoms with Gasteiger partial charge in [0.05, 0.1) is 0 Å². The molecule has 0 bridgehead atoms. The van der Waals surface area contributed by atoms with Crippen LogP contribution in [0.25, 0.3) is 0 Å². The van der Waals surface area contributed by atoms with Gasteiger partial charge in [0.1, 0.15) is 13.2 Å². The van der Waals surface area contributed by atoms with E-state index >= 15 is 0 Å². The minimum absolute atomic E-state index is 0.0836. The van der Waals surface area contributed by atoms with Crippen LogP contribution in [0.5, 0.6) is 0 Å². The van der Waals surface area contributed by atoms with Gasteiger partial charge in [-0.15, -0.1) is 0 Å². The summed E-state index contributed by atoms with van der Waals surface area (Å²) in [4.78, 5) is 38.1. The number of rotatable bonds is 50. The van der Waals surface area contributed by atoms with Crippen molar-refractivity contribution in [1.29, 1.82) is 0 Å².